The van der Waals surface area contributed by atoms with E-state index in [1.165, 1.54) is 11.3 Å². The van der Waals surface area contributed by atoms with Gasteiger partial charge in [-0.15, -0.1) is 0 Å². The molecule has 0 aliphatic carbocycles. The number of carbonyl (C=O) groups excluding carboxylic acids is 1. The van der Waals surface area contributed by atoms with E-state index in [1.807, 2.05) is 18.3 Å². The minimum absolute atomic E-state index is 0.193. The van der Waals surface area contributed by atoms with Gasteiger partial charge >= 0.3 is 0 Å². The number of hydrogen-bond donors (Lipinski definition) is 1. The summed E-state index contributed by atoms with van der Waals surface area (Å²) in [7, 11) is 1.60. The lowest BCUT2D eigenvalue weighted by Crippen LogP contribution is -2.24. The molecule has 1 aliphatic rings. The monoisotopic (exact) mass is 359 g/mol. The summed E-state index contributed by atoms with van der Waals surface area (Å²) in [5.74, 6) is 1.06. The third kappa shape index (κ3) is 3.62. The zero-order valence-corrected chi connectivity index (χ0v) is 15.2. The van der Waals surface area contributed by atoms with Crippen LogP contribution in [0.15, 0.2) is 66.9 Å². The Morgan fingerprint density at radius 1 is 1.07 bits per heavy atom. The smallest absolute Gasteiger partial charge is 0.256 e. The normalized spacial score (nSPS) is 13.0. The van der Waals surface area contributed by atoms with Crippen molar-refractivity contribution < 1.29 is 9.53 Å². The number of methoxy groups -OCH3 is 1. The second kappa shape index (κ2) is 7.50. The van der Waals surface area contributed by atoms with Gasteiger partial charge in [0.15, 0.2) is 0 Å². The standard InChI is InChI=1S/C22H21N3O2/c1-27-19-11-8-17(9-12-19)22(26)24-21-13-10-18(15-23-21)25-14-4-6-16-5-2-3-7-20(16)25/h2-3,5,7-13,15H,4,6,14H2,1H3,(H,23,24,26). The van der Waals surface area contributed by atoms with E-state index in [9.17, 15) is 4.79 Å². The van der Waals surface area contributed by atoms with Gasteiger partial charge < -0.3 is 15.0 Å². The third-order valence-corrected chi connectivity index (χ3v) is 4.76. The molecule has 0 fully saturated rings. The number of nitrogens with one attached hydrogen (secondary N) is 1. The van der Waals surface area contributed by atoms with Crippen molar-refractivity contribution in [2.24, 2.45) is 0 Å². The Kier molecular flexibility index (Phi) is 4.75. The number of amides is 1. The largest absolute Gasteiger partial charge is 0.497 e. The van der Waals surface area contributed by atoms with Gasteiger partial charge in [0, 0.05) is 17.8 Å². The highest BCUT2D eigenvalue weighted by molar-refractivity contribution is 6.03. The van der Waals surface area contributed by atoms with Crippen molar-refractivity contribution in [2.45, 2.75) is 12.8 Å². The second-order valence-electron chi connectivity index (χ2n) is 6.47. The van der Waals surface area contributed by atoms with Crippen LogP contribution in [0.4, 0.5) is 17.2 Å². The molecule has 0 saturated heterocycles. The van der Waals surface area contributed by atoms with Gasteiger partial charge in [-0.1, -0.05) is 18.2 Å². The van der Waals surface area contributed by atoms with E-state index in [0.29, 0.717) is 11.4 Å². The number of rotatable bonds is 4. The van der Waals surface area contributed by atoms with Crippen LogP contribution in [0.3, 0.4) is 0 Å². The molecule has 5 heteroatoms. The van der Waals surface area contributed by atoms with Crippen molar-refractivity contribution in [3.8, 4) is 5.75 Å². The molecule has 2 heterocycles. The molecule has 3 aromatic rings. The van der Waals surface area contributed by atoms with E-state index in [2.05, 4.69) is 39.5 Å². The maximum atomic E-state index is 12.4. The number of benzene rings is 2. The summed E-state index contributed by atoms with van der Waals surface area (Å²) in [5.41, 5.74) is 4.19. The van der Waals surface area contributed by atoms with Crippen LogP contribution in [0.2, 0.25) is 0 Å². The van der Waals surface area contributed by atoms with Gasteiger partial charge in [-0.3, -0.25) is 4.79 Å². The number of carbonyl (C=O) groups is 1. The number of aryl methyl sites for hydroxylation is 1. The lowest BCUT2D eigenvalue weighted by atomic mass is 10.0. The Morgan fingerprint density at radius 2 is 1.89 bits per heavy atom. The molecule has 0 bridgehead atoms. The summed E-state index contributed by atoms with van der Waals surface area (Å²) in [4.78, 5) is 19.1. The van der Waals surface area contributed by atoms with Crippen LogP contribution in [0.25, 0.3) is 0 Å². The van der Waals surface area contributed by atoms with E-state index >= 15 is 0 Å². The van der Waals surface area contributed by atoms with Crippen LogP contribution in [0, 0.1) is 0 Å². The lowest BCUT2D eigenvalue weighted by Gasteiger charge is -2.31. The highest BCUT2D eigenvalue weighted by Gasteiger charge is 2.18. The van der Waals surface area contributed by atoms with Gasteiger partial charge in [0.1, 0.15) is 11.6 Å². The third-order valence-electron chi connectivity index (χ3n) is 4.76. The molecular formula is C22H21N3O2. The number of fused-ring (bicyclic) bond motifs is 1. The Bertz CT molecular complexity index is 937. The fraction of sp³-hybridized carbons (Fsp3) is 0.182. The van der Waals surface area contributed by atoms with E-state index in [-0.39, 0.29) is 5.91 Å². The summed E-state index contributed by atoms with van der Waals surface area (Å²) < 4.78 is 5.11. The average molecular weight is 359 g/mol. The molecule has 0 spiro atoms. The molecule has 1 aliphatic heterocycles. The minimum Gasteiger partial charge on any atom is -0.497 e. The van der Waals surface area contributed by atoms with Gasteiger partial charge in [-0.2, -0.15) is 0 Å². The summed E-state index contributed by atoms with van der Waals surface area (Å²) in [5, 5.41) is 2.84. The van der Waals surface area contributed by atoms with Crippen LogP contribution in [-0.4, -0.2) is 24.5 Å². The average Bonchev–Trinajstić information content (AvgIpc) is 2.74. The SMILES string of the molecule is COc1ccc(C(=O)Nc2ccc(N3CCCc4ccccc43)cn2)cc1. The van der Waals surface area contributed by atoms with Gasteiger partial charge in [0.2, 0.25) is 0 Å². The minimum atomic E-state index is -0.193. The molecule has 0 radical (unpaired) electrons. The van der Waals surface area contributed by atoms with Crippen LogP contribution in [-0.2, 0) is 6.42 Å². The summed E-state index contributed by atoms with van der Waals surface area (Å²) in [6.45, 7) is 0.968. The Hall–Kier alpha value is -3.34. The molecule has 27 heavy (non-hydrogen) atoms. The summed E-state index contributed by atoms with van der Waals surface area (Å²) in [6.07, 6.45) is 4.04. The predicted octanol–water partition coefficient (Wildman–Crippen LogP) is 4.43. The zero-order valence-electron chi connectivity index (χ0n) is 15.2. The fourth-order valence-corrected chi connectivity index (χ4v) is 3.35. The van der Waals surface area contributed by atoms with Gasteiger partial charge in [-0.25, -0.2) is 4.98 Å². The molecule has 0 unspecified atom stereocenters. The maximum Gasteiger partial charge on any atom is 0.256 e. The van der Waals surface area contributed by atoms with E-state index < -0.39 is 0 Å². The quantitative estimate of drug-likeness (QED) is 0.749. The van der Waals surface area contributed by atoms with Crippen LogP contribution < -0.4 is 15.0 Å². The molecule has 1 N–H and O–H groups in total. The number of pyridine rings is 1. The first kappa shape index (κ1) is 17.1. The Balaban J connectivity index is 1.49. The van der Waals surface area contributed by atoms with Crippen molar-refractivity contribution >= 4 is 23.1 Å². The van der Waals surface area contributed by atoms with Crippen LogP contribution >= 0.6 is 0 Å². The van der Waals surface area contributed by atoms with Crippen LogP contribution in [0.5, 0.6) is 5.75 Å². The summed E-state index contributed by atoms with van der Waals surface area (Å²) >= 11 is 0. The highest BCUT2D eigenvalue weighted by Crippen LogP contribution is 2.33. The van der Waals surface area contributed by atoms with Crippen molar-refractivity contribution in [1.29, 1.82) is 0 Å². The van der Waals surface area contributed by atoms with E-state index in [4.69, 9.17) is 4.74 Å². The van der Waals surface area contributed by atoms with E-state index in [1.54, 1.807) is 31.4 Å². The predicted molar refractivity (Wildman–Crippen MR) is 107 cm³/mol. The number of para-hydroxylation sites is 1. The lowest BCUT2D eigenvalue weighted by molar-refractivity contribution is 0.102. The van der Waals surface area contributed by atoms with Crippen molar-refractivity contribution in [3.63, 3.8) is 0 Å². The second-order valence-corrected chi connectivity index (χ2v) is 6.47. The maximum absolute atomic E-state index is 12.4. The van der Waals surface area contributed by atoms with Gasteiger partial charge in [0.05, 0.1) is 19.0 Å². The Labute approximate surface area is 158 Å². The van der Waals surface area contributed by atoms with Crippen LogP contribution in [0.1, 0.15) is 22.3 Å². The number of nitrogens with zero attached hydrogens (tertiary/aromatic N) is 2. The van der Waals surface area contributed by atoms with E-state index in [0.717, 1.165) is 30.8 Å². The molecule has 1 amide bonds. The molecule has 2 aromatic carbocycles. The first-order valence-corrected chi connectivity index (χ1v) is 9.01. The fourth-order valence-electron chi connectivity index (χ4n) is 3.35. The van der Waals surface area contributed by atoms with Crippen molar-refractivity contribution in [2.75, 3.05) is 23.9 Å². The topological polar surface area (TPSA) is 54.5 Å². The zero-order chi connectivity index (χ0) is 18.6. The van der Waals surface area contributed by atoms with Crippen molar-refractivity contribution in [1.82, 2.24) is 4.98 Å². The molecule has 0 saturated carbocycles. The van der Waals surface area contributed by atoms with Gasteiger partial charge in [0.25, 0.3) is 5.91 Å². The Morgan fingerprint density at radius 3 is 2.63 bits per heavy atom. The van der Waals surface area contributed by atoms with Gasteiger partial charge in [-0.05, 0) is 60.9 Å². The number of ether oxygens (including phenoxy) is 1. The molecule has 1 aromatic heterocycles. The number of hydrogen-bond acceptors (Lipinski definition) is 4. The van der Waals surface area contributed by atoms with Crippen molar-refractivity contribution in [3.05, 3.63) is 78.0 Å². The highest BCUT2D eigenvalue weighted by atomic mass is 16.5. The molecule has 0 atom stereocenters. The first-order chi connectivity index (χ1) is 13.2. The molecule has 5 nitrogen and oxygen atoms in total. The molecule has 136 valence electrons. The summed E-state index contributed by atoms with van der Waals surface area (Å²) in [6, 6.07) is 19.3. The molecular weight excluding hydrogens is 338 g/mol. The molecule has 4 rings (SSSR count). The number of aromatic nitrogens is 1. The number of anilines is 3. The first-order valence-electron chi connectivity index (χ1n) is 9.01.